The molecule has 4 atom stereocenters. The summed E-state index contributed by atoms with van der Waals surface area (Å²) in [6.07, 6.45) is 21.6. The van der Waals surface area contributed by atoms with Crippen molar-refractivity contribution in [3.05, 3.63) is 42.4 Å². The third-order valence-electron chi connectivity index (χ3n) is 9.94. The maximum atomic E-state index is 12.8. The van der Waals surface area contributed by atoms with Crippen LogP contribution < -0.4 is 11.1 Å². The third-order valence-corrected chi connectivity index (χ3v) is 9.94. The van der Waals surface area contributed by atoms with Crippen LogP contribution in [0.5, 0.6) is 0 Å². The van der Waals surface area contributed by atoms with Crippen LogP contribution in [0.2, 0.25) is 0 Å². The van der Waals surface area contributed by atoms with Gasteiger partial charge in [0, 0.05) is 36.3 Å². The number of carbonyl (C=O) groups is 1. The molecule has 2 saturated carbocycles. The number of oxazole rings is 1. The predicted octanol–water partition coefficient (Wildman–Crippen LogP) is 6.11. The molecule has 2 aliphatic heterocycles. The molecule has 1 aromatic heterocycles. The molecule has 0 radical (unpaired) electrons. The Kier molecular flexibility index (Phi) is 11.7. The fraction of sp³-hybridized carbons (Fsp3) is 0.706. The van der Waals surface area contributed by atoms with Crippen LogP contribution in [-0.4, -0.2) is 72.0 Å². The lowest BCUT2D eigenvalue weighted by molar-refractivity contribution is 0.0877. The lowest BCUT2D eigenvalue weighted by Gasteiger charge is -2.37. The molecule has 0 bridgehead atoms. The van der Waals surface area contributed by atoms with Crippen molar-refractivity contribution >= 4 is 5.91 Å². The fourth-order valence-electron chi connectivity index (χ4n) is 7.42. The van der Waals surface area contributed by atoms with Gasteiger partial charge >= 0.3 is 0 Å². The Balaban J connectivity index is 0.000000202. The average molecular weight is 564 g/mol. The number of piperidine rings is 2. The van der Waals surface area contributed by atoms with E-state index in [1.165, 1.54) is 123 Å². The van der Waals surface area contributed by atoms with Crippen molar-refractivity contribution in [2.45, 2.75) is 102 Å². The van der Waals surface area contributed by atoms with Crippen molar-refractivity contribution in [1.82, 2.24) is 20.1 Å². The quantitative estimate of drug-likeness (QED) is 0.423. The Morgan fingerprint density at radius 1 is 0.780 bits per heavy atom. The van der Waals surface area contributed by atoms with Crippen LogP contribution in [0.25, 0.3) is 11.3 Å². The van der Waals surface area contributed by atoms with Gasteiger partial charge in [-0.25, -0.2) is 4.98 Å². The Morgan fingerprint density at radius 2 is 1.37 bits per heavy atom. The first-order valence-corrected chi connectivity index (χ1v) is 16.7. The number of rotatable bonds is 7. The van der Waals surface area contributed by atoms with Gasteiger partial charge in [-0.3, -0.25) is 4.79 Å². The van der Waals surface area contributed by atoms with Gasteiger partial charge in [-0.15, -0.1) is 0 Å². The first-order chi connectivity index (χ1) is 20.2. The summed E-state index contributed by atoms with van der Waals surface area (Å²) >= 11 is 0. The van der Waals surface area contributed by atoms with Gasteiger partial charge in [0.1, 0.15) is 0 Å². The zero-order chi connectivity index (χ0) is 28.3. The lowest BCUT2D eigenvalue weighted by atomic mass is 9.83. The summed E-state index contributed by atoms with van der Waals surface area (Å²) in [5.41, 5.74) is 7.81. The molecule has 7 heteroatoms. The van der Waals surface area contributed by atoms with Crippen LogP contribution in [0.3, 0.4) is 0 Å². The molecule has 4 fully saturated rings. The van der Waals surface area contributed by atoms with Crippen LogP contribution in [-0.2, 0) is 0 Å². The van der Waals surface area contributed by atoms with E-state index >= 15 is 0 Å². The summed E-state index contributed by atoms with van der Waals surface area (Å²) in [4.78, 5) is 22.0. The third kappa shape index (κ3) is 9.13. The highest BCUT2D eigenvalue weighted by atomic mass is 16.3. The average Bonchev–Trinajstić information content (AvgIpc) is 3.56. The van der Waals surface area contributed by atoms with Crippen molar-refractivity contribution in [3.8, 4) is 11.3 Å². The molecule has 4 aliphatic rings. The Hall–Kier alpha value is -2.22. The lowest BCUT2D eigenvalue weighted by Crippen LogP contribution is -2.47. The van der Waals surface area contributed by atoms with E-state index in [2.05, 4.69) is 20.1 Å². The van der Waals surface area contributed by atoms with E-state index in [0.29, 0.717) is 23.6 Å². The number of carbonyl (C=O) groups excluding carboxylic acids is 1. The molecule has 6 rings (SSSR count). The van der Waals surface area contributed by atoms with Gasteiger partial charge in [-0.1, -0.05) is 50.7 Å². The van der Waals surface area contributed by atoms with E-state index in [4.69, 9.17) is 10.2 Å². The maximum Gasteiger partial charge on any atom is 0.251 e. The second-order valence-electron chi connectivity index (χ2n) is 13.0. The summed E-state index contributed by atoms with van der Waals surface area (Å²) < 4.78 is 5.31. The number of nitrogens with zero attached hydrogens (tertiary/aromatic N) is 3. The minimum Gasteiger partial charge on any atom is -0.444 e. The summed E-state index contributed by atoms with van der Waals surface area (Å²) in [5.74, 6) is 2.13. The zero-order valence-corrected chi connectivity index (χ0v) is 25.2. The van der Waals surface area contributed by atoms with Crippen LogP contribution in [0.15, 0.2) is 41.3 Å². The van der Waals surface area contributed by atoms with Crippen molar-refractivity contribution in [1.29, 1.82) is 0 Å². The van der Waals surface area contributed by atoms with Crippen molar-refractivity contribution in [2.75, 3.05) is 39.3 Å². The Bertz CT molecular complexity index is 1010. The topological polar surface area (TPSA) is 87.6 Å². The first kappa shape index (κ1) is 30.2. The number of hydrogen-bond acceptors (Lipinski definition) is 6. The first-order valence-electron chi connectivity index (χ1n) is 16.7. The molecular formula is C34H53N5O2. The second kappa shape index (κ2) is 15.9. The van der Waals surface area contributed by atoms with E-state index < -0.39 is 0 Å². The molecule has 0 unspecified atom stereocenters. The van der Waals surface area contributed by atoms with E-state index in [9.17, 15) is 4.79 Å². The number of benzene rings is 1. The predicted molar refractivity (Wildman–Crippen MR) is 166 cm³/mol. The molecule has 2 aliphatic carbocycles. The minimum absolute atomic E-state index is 0.0367. The molecule has 41 heavy (non-hydrogen) atoms. The van der Waals surface area contributed by atoms with E-state index in [-0.39, 0.29) is 5.91 Å². The van der Waals surface area contributed by atoms with Crippen LogP contribution >= 0.6 is 0 Å². The molecule has 7 nitrogen and oxygen atoms in total. The monoisotopic (exact) mass is 563 g/mol. The van der Waals surface area contributed by atoms with Gasteiger partial charge in [0.05, 0.1) is 6.20 Å². The summed E-state index contributed by atoms with van der Waals surface area (Å²) in [7, 11) is 0. The highest BCUT2D eigenvalue weighted by Crippen LogP contribution is 2.27. The minimum atomic E-state index is 0.0367. The SMILES string of the molecule is N[C@@H]1CCCC[C@H]1CN1CCCCC1.O=C(N[C@@H]1CCCC[C@H]1CN1CCCCC1)c1ccc(-c2cnco2)cc1. The smallest absolute Gasteiger partial charge is 0.251 e. The summed E-state index contributed by atoms with van der Waals surface area (Å²) in [6.45, 7) is 7.50. The number of nitrogens with one attached hydrogen (secondary N) is 1. The van der Waals surface area contributed by atoms with Gasteiger partial charge in [0.15, 0.2) is 12.2 Å². The second-order valence-corrected chi connectivity index (χ2v) is 13.0. The van der Waals surface area contributed by atoms with E-state index in [1.54, 1.807) is 6.20 Å². The molecule has 1 aromatic carbocycles. The summed E-state index contributed by atoms with van der Waals surface area (Å²) in [5, 5.41) is 3.33. The number of amides is 1. The van der Waals surface area contributed by atoms with Crippen LogP contribution in [0.1, 0.15) is 100 Å². The summed E-state index contributed by atoms with van der Waals surface area (Å²) in [6, 6.07) is 8.36. The normalized spacial score (nSPS) is 27.9. The van der Waals surface area contributed by atoms with Crippen molar-refractivity contribution < 1.29 is 9.21 Å². The Morgan fingerprint density at radius 3 is 1.98 bits per heavy atom. The van der Waals surface area contributed by atoms with Gasteiger partial charge in [-0.05, 0) is 102 Å². The molecule has 226 valence electrons. The fourth-order valence-corrected chi connectivity index (χ4v) is 7.42. The molecule has 0 spiro atoms. The number of aromatic nitrogens is 1. The van der Waals surface area contributed by atoms with E-state index in [1.807, 2.05) is 24.3 Å². The Labute approximate surface area is 247 Å². The molecule has 3 N–H and O–H groups in total. The van der Waals surface area contributed by atoms with Gasteiger partial charge in [0.25, 0.3) is 5.91 Å². The zero-order valence-electron chi connectivity index (χ0n) is 25.2. The van der Waals surface area contributed by atoms with Gasteiger partial charge < -0.3 is 25.3 Å². The van der Waals surface area contributed by atoms with Gasteiger partial charge in [0.2, 0.25) is 0 Å². The largest absolute Gasteiger partial charge is 0.444 e. The highest BCUT2D eigenvalue weighted by Gasteiger charge is 2.29. The maximum absolute atomic E-state index is 12.8. The molecule has 3 heterocycles. The van der Waals surface area contributed by atoms with Crippen molar-refractivity contribution in [3.63, 3.8) is 0 Å². The van der Waals surface area contributed by atoms with Crippen molar-refractivity contribution in [2.24, 2.45) is 17.6 Å². The molecule has 2 aromatic rings. The number of likely N-dealkylation sites (tertiary alicyclic amines) is 2. The molecular weight excluding hydrogens is 510 g/mol. The van der Waals surface area contributed by atoms with Crippen LogP contribution in [0, 0.1) is 11.8 Å². The van der Waals surface area contributed by atoms with E-state index in [0.717, 1.165) is 30.2 Å². The highest BCUT2D eigenvalue weighted by molar-refractivity contribution is 5.94. The molecule has 1 amide bonds. The van der Waals surface area contributed by atoms with Crippen LogP contribution in [0.4, 0.5) is 0 Å². The molecule has 2 saturated heterocycles. The number of hydrogen-bond donors (Lipinski definition) is 2. The van der Waals surface area contributed by atoms with Gasteiger partial charge in [-0.2, -0.15) is 0 Å². The standard InChI is InChI=1S/C22H29N3O2.C12H24N2/c26-22(18-10-8-17(9-11-18)21-14-23-16-27-21)24-20-7-3-2-6-19(20)15-25-12-4-1-5-13-25;13-12-7-3-2-6-11(12)10-14-8-4-1-5-9-14/h8-11,14,16,19-20H,1-7,12-13,15H2,(H,24,26);11-12H,1-10,13H2/t19-,20+;11-,12+/m00/s1. The number of nitrogens with two attached hydrogens (primary N) is 1.